The molecule has 0 spiro atoms. The van der Waals surface area contributed by atoms with E-state index in [1.165, 1.54) is 24.0 Å². The maximum Gasteiger partial charge on any atom is 0.129 e. The van der Waals surface area contributed by atoms with Gasteiger partial charge in [-0.25, -0.2) is 0 Å². The van der Waals surface area contributed by atoms with Crippen molar-refractivity contribution in [3.05, 3.63) is 29.3 Å². The monoisotopic (exact) mass is 245 g/mol. The molecule has 3 nitrogen and oxygen atoms in total. The topological polar surface area (TPSA) is 40.0 Å². The van der Waals surface area contributed by atoms with Crippen LogP contribution in [-0.4, -0.2) is 28.8 Å². The highest BCUT2D eigenvalue weighted by Crippen LogP contribution is 2.21. The summed E-state index contributed by atoms with van der Waals surface area (Å²) in [6.45, 7) is 2.03. The number of aromatic nitrogens is 1. The van der Waals surface area contributed by atoms with Crippen molar-refractivity contribution in [1.82, 2.24) is 9.88 Å². The molecular weight excluding hydrogens is 230 g/mol. The summed E-state index contributed by atoms with van der Waals surface area (Å²) in [6.07, 6.45) is 5.53. The Morgan fingerprint density at radius 1 is 1.29 bits per heavy atom. The van der Waals surface area contributed by atoms with Crippen molar-refractivity contribution in [3.8, 4) is 0 Å². The average Bonchev–Trinajstić information content (AvgIpc) is 2.86. The van der Waals surface area contributed by atoms with E-state index in [1.807, 2.05) is 17.6 Å². The minimum Gasteiger partial charge on any atom is -0.357 e. The summed E-state index contributed by atoms with van der Waals surface area (Å²) in [4.78, 5) is 6.57. The van der Waals surface area contributed by atoms with Crippen LogP contribution < -0.4 is 0 Å². The molecule has 0 aliphatic carbocycles. The largest absolute Gasteiger partial charge is 0.357 e. The summed E-state index contributed by atoms with van der Waals surface area (Å²) >= 11 is 1.69. The summed E-state index contributed by atoms with van der Waals surface area (Å²) in [5.74, 6) is 0.632. The molecule has 0 bridgehead atoms. The lowest BCUT2D eigenvalue weighted by atomic mass is 10.1. The fraction of sp³-hybridized carbons (Fsp3) is 0.385. The van der Waals surface area contributed by atoms with Crippen LogP contribution in [0, 0.1) is 5.41 Å². The van der Waals surface area contributed by atoms with E-state index >= 15 is 0 Å². The van der Waals surface area contributed by atoms with Crippen LogP contribution in [0.5, 0.6) is 0 Å². The third-order valence-corrected chi connectivity index (χ3v) is 4.10. The van der Waals surface area contributed by atoms with Gasteiger partial charge in [0.15, 0.2) is 0 Å². The molecule has 3 heterocycles. The van der Waals surface area contributed by atoms with Crippen LogP contribution in [0.2, 0.25) is 0 Å². The van der Waals surface area contributed by atoms with Crippen LogP contribution in [0.1, 0.15) is 24.8 Å². The minimum atomic E-state index is 0.632. The molecule has 2 aromatic rings. The molecule has 0 unspecified atom stereocenters. The fourth-order valence-electron chi connectivity index (χ4n) is 2.28. The molecule has 1 fully saturated rings. The van der Waals surface area contributed by atoms with Gasteiger partial charge in [0.1, 0.15) is 5.84 Å². The number of thiophene rings is 1. The molecule has 88 valence electrons. The Labute approximate surface area is 105 Å². The van der Waals surface area contributed by atoms with Gasteiger partial charge in [-0.1, -0.05) is 0 Å². The summed E-state index contributed by atoms with van der Waals surface area (Å²) in [7, 11) is 0. The highest BCUT2D eigenvalue weighted by molar-refractivity contribution is 7.17. The Morgan fingerprint density at radius 3 is 2.94 bits per heavy atom. The number of nitrogens with one attached hydrogen (secondary N) is 1. The van der Waals surface area contributed by atoms with Crippen LogP contribution in [0.25, 0.3) is 10.2 Å². The first-order chi connectivity index (χ1) is 8.34. The second-order valence-corrected chi connectivity index (χ2v) is 5.37. The van der Waals surface area contributed by atoms with Crippen molar-refractivity contribution in [1.29, 1.82) is 5.41 Å². The van der Waals surface area contributed by atoms with Crippen molar-refractivity contribution in [3.63, 3.8) is 0 Å². The van der Waals surface area contributed by atoms with Crippen LogP contribution in [0.15, 0.2) is 23.7 Å². The van der Waals surface area contributed by atoms with Gasteiger partial charge < -0.3 is 4.90 Å². The van der Waals surface area contributed by atoms with Gasteiger partial charge in [-0.3, -0.25) is 10.4 Å². The van der Waals surface area contributed by atoms with Gasteiger partial charge >= 0.3 is 0 Å². The van der Waals surface area contributed by atoms with Crippen molar-refractivity contribution in [2.75, 3.05) is 13.1 Å². The molecule has 2 aromatic heterocycles. The van der Waals surface area contributed by atoms with Gasteiger partial charge in [-0.15, -0.1) is 11.3 Å². The lowest BCUT2D eigenvalue weighted by molar-refractivity contribution is 0.341. The van der Waals surface area contributed by atoms with Crippen molar-refractivity contribution in [2.24, 2.45) is 0 Å². The zero-order chi connectivity index (χ0) is 11.7. The first-order valence-electron chi connectivity index (χ1n) is 6.02. The van der Waals surface area contributed by atoms with Gasteiger partial charge in [-0.05, 0) is 36.8 Å². The molecule has 0 aromatic carbocycles. The second kappa shape index (κ2) is 4.45. The second-order valence-electron chi connectivity index (χ2n) is 4.42. The maximum absolute atomic E-state index is 8.24. The third-order valence-electron chi connectivity index (χ3n) is 3.25. The van der Waals surface area contributed by atoms with E-state index in [9.17, 15) is 0 Å². The van der Waals surface area contributed by atoms with Crippen molar-refractivity contribution >= 4 is 27.4 Å². The van der Waals surface area contributed by atoms with E-state index in [0.29, 0.717) is 5.84 Å². The molecule has 17 heavy (non-hydrogen) atoms. The van der Waals surface area contributed by atoms with Crippen LogP contribution >= 0.6 is 11.3 Å². The number of piperidine rings is 1. The number of likely N-dealkylation sites (tertiary alicyclic amines) is 1. The molecule has 1 aliphatic rings. The zero-order valence-corrected chi connectivity index (χ0v) is 10.5. The van der Waals surface area contributed by atoms with Crippen LogP contribution in [0.3, 0.4) is 0 Å². The lowest BCUT2D eigenvalue weighted by Crippen LogP contribution is -2.35. The number of amidine groups is 1. The van der Waals surface area contributed by atoms with E-state index in [2.05, 4.69) is 16.0 Å². The molecule has 3 rings (SSSR count). The molecule has 0 saturated carbocycles. The average molecular weight is 245 g/mol. The quantitative estimate of drug-likeness (QED) is 0.619. The van der Waals surface area contributed by atoms with Gasteiger partial charge in [0.25, 0.3) is 0 Å². The van der Waals surface area contributed by atoms with E-state index < -0.39 is 0 Å². The highest BCUT2D eigenvalue weighted by atomic mass is 32.1. The molecule has 1 saturated heterocycles. The Hall–Kier alpha value is -1.42. The van der Waals surface area contributed by atoms with E-state index in [4.69, 9.17) is 5.41 Å². The normalized spacial score (nSPS) is 16.4. The molecule has 0 radical (unpaired) electrons. The first-order valence-corrected chi connectivity index (χ1v) is 6.90. The molecule has 0 atom stereocenters. The molecule has 1 aliphatic heterocycles. The standard InChI is InChI=1S/C13H15N3S/c14-13(16-5-2-1-3-6-16)10-8-12-11(15-9-10)4-7-17-12/h4,7-9,14H,1-3,5-6H2. The smallest absolute Gasteiger partial charge is 0.129 e. The number of hydrogen-bond donors (Lipinski definition) is 1. The van der Waals surface area contributed by atoms with Gasteiger partial charge in [0.05, 0.1) is 10.2 Å². The predicted octanol–water partition coefficient (Wildman–Crippen LogP) is 3.11. The van der Waals surface area contributed by atoms with Gasteiger partial charge in [0.2, 0.25) is 0 Å². The van der Waals surface area contributed by atoms with E-state index in [-0.39, 0.29) is 0 Å². The SMILES string of the molecule is N=C(c1cnc2ccsc2c1)N1CCCCC1. The summed E-state index contributed by atoms with van der Waals surface area (Å²) in [5.41, 5.74) is 1.98. The van der Waals surface area contributed by atoms with Crippen LogP contribution in [-0.2, 0) is 0 Å². The summed E-state index contributed by atoms with van der Waals surface area (Å²) < 4.78 is 1.17. The highest BCUT2D eigenvalue weighted by Gasteiger charge is 2.15. The van der Waals surface area contributed by atoms with Crippen LogP contribution in [0.4, 0.5) is 0 Å². The predicted molar refractivity (Wildman–Crippen MR) is 71.9 cm³/mol. The van der Waals surface area contributed by atoms with E-state index in [0.717, 1.165) is 24.2 Å². The lowest BCUT2D eigenvalue weighted by Gasteiger charge is -2.28. The maximum atomic E-state index is 8.24. The molecule has 4 heteroatoms. The molecule has 1 N–H and O–H groups in total. The van der Waals surface area contributed by atoms with Gasteiger partial charge in [0, 0.05) is 24.8 Å². The number of rotatable bonds is 1. The Morgan fingerprint density at radius 2 is 2.12 bits per heavy atom. The summed E-state index contributed by atoms with van der Waals surface area (Å²) in [5, 5.41) is 10.3. The number of fused-ring (bicyclic) bond motifs is 1. The van der Waals surface area contributed by atoms with Crippen molar-refractivity contribution < 1.29 is 0 Å². The number of nitrogens with zero attached hydrogens (tertiary/aromatic N) is 2. The zero-order valence-electron chi connectivity index (χ0n) is 9.65. The van der Waals surface area contributed by atoms with Crippen molar-refractivity contribution in [2.45, 2.75) is 19.3 Å². The van der Waals surface area contributed by atoms with Gasteiger partial charge in [-0.2, -0.15) is 0 Å². The van der Waals surface area contributed by atoms with E-state index in [1.54, 1.807) is 11.3 Å². The Balaban J connectivity index is 1.88. The Kier molecular flexibility index (Phi) is 2.81. The third kappa shape index (κ3) is 2.05. The first kappa shape index (κ1) is 10.7. The minimum absolute atomic E-state index is 0.632. The number of pyridine rings is 1. The fourth-order valence-corrected chi connectivity index (χ4v) is 3.06. The number of hydrogen-bond acceptors (Lipinski definition) is 3. The summed E-state index contributed by atoms with van der Waals surface area (Å²) in [6, 6.07) is 4.11. The Bertz CT molecular complexity index is 540. The molecular formula is C13H15N3S. The molecule has 0 amide bonds.